The Morgan fingerprint density at radius 3 is 2.18 bits per heavy atom. The standard InChI is InChI=1S/C16H27N/c1-12(2)11-15(17-6)13-9-7-8-10-14(13)16(3,4)5/h7-10,12,15,17H,11H2,1-6H3. The quantitative estimate of drug-likeness (QED) is 0.818. The summed E-state index contributed by atoms with van der Waals surface area (Å²) < 4.78 is 0. The Bertz CT molecular complexity index is 347. The van der Waals surface area contributed by atoms with E-state index in [-0.39, 0.29) is 5.41 Å². The van der Waals surface area contributed by atoms with E-state index in [4.69, 9.17) is 0 Å². The van der Waals surface area contributed by atoms with Crippen molar-refractivity contribution in [2.24, 2.45) is 5.92 Å². The molecular weight excluding hydrogens is 206 g/mol. The second kappa shape index (κ2) is 5.68. The minimum Gasteiger partial charge on any atom is -0.313 e. The molecule has 0 aliphatic rings. The highest BCUT2D eigenvalue weighted by Crippen LogP contribution is 2.31. The Balaban J connectivity index is 3.11. The van der Waals surface area contributed by atoms with E-state index in [1.807, 2.05) is 0 Å². The molecule has 0 saturated heterocycles. The van der Waals surface area contributed by atoms with Gasteiger partial charge in [-0.25, -0.2) is 0 Å². The zero-order valence-corrected chi connectivity index (χ0v) is 12.2. The smallest absolute Gasteiger partial charge is 0.0322 e. The van der Waals surface area contributed by atoms with Gasteiger partial charge < -0.3 is 5.32 Å². The molecule has 0 aliphatic heterocycles. The number of rotatable bonds is 4. The van der Waals surface area contributed by atoms with Crippen molar-refractivity contribution in [3.63, 3.8) is 0 Å². The minimum atomic E-state index is 0.211. The molecule has 1 unspecified atom stereocenters. The van der Waals surface area contributed by atoms with Crippen LogP contribution in [0.4, 0.5) is 0 Å². The third kappa shape index (κ3) is 3.85. The van der Waals surface area contributed by atoms with Gasteiger partial charge in [0.25, 0.3) is 0 Å². The molecule has 0 fully saturated rings. The summed E-state index contributed by atoms with van der Waals surface area (Å²) >= 11 is 0. The maximum atomic E-state index is 3.46. The first kappa shape index (κ1) is 14.2. The highest BCUT2D eigenvalue weighted by atomic mass is 14.9. The summed E-state index contributed by atoms with van der Waals surface area (Å²) in [4.78, 5) is 0. The molecule has 0 spiro atoms. The highest BCUT2D eigenvalue weighted by Gasteiger charge is 2.21. The third-order valence-corrected chi connectivity index (χ3v) is 3.20. The Morgan fingerprint density at radius 2 is 1.71 bits per heavy atom. The van der Waals surface area contributed by atoms with Gasteiger partial charge in [0.15, 0.2) is 0 Å². The van der Waals surface area contributed by atoms with E-state index in [0.717, 1.165) is 0 Å². The maximum Gasteiger partial charge on any atom is 0.0322 e. The van der Waals surface area contributed by atoms with Crippen molar-refractivity contribution < 1.29 is 0 Å². The average molecular weight is 233 g/mol. The Labute approximate surface area is 107 Å². The molecule has 0 saturated carbocycles. The molecular formula is C16H27N. The molecule has 1 atom stereocenters. The van der Waals surface area contributed by atoms with Gasteiger partial charge in [-0.15, -0.1) is 0 Å². The van der Waals surface area contributed by atoms with E-state index in [1.165, 1.54) is 17.5 Å². The SMILES string of the molecule is CNC(CC(C)C)c1ccccc1C(C)(C)C. The zero-order valence-electron chi connectivity index (χ0n) is 12.2. The van der Waals surface area contributed by atoms with Gasteiger partial charge in [-0.1, -0.05) is 58.9 Å². The van der Waals surface area contributed by atoms with Crippen molar-refractivity contribution in [1.29, 1.82) is 0 Å². The van der Waals surface area contributed by atoms with Crippen molar-refractivity contribution in [1.82, 2.24) is 5.32 Å². The van der Waals surface area contributed by atoms with Crippen LogP contribution in [0.1, 0.15) is 58.2 Å². The largest absolute Gasteiger partial charge is 0.313 e. The van der Waals surface area contributed by atoms with E-state index in [0.29, 0.717) is 12.0 Å². The summed E-state index contributed by atoms with van der Waals surface area (Å²) in [6, 6.07) is 9.29. The molecule has 1 N–H and O–H groups in total. The maximum absolute atomic E-state index is 3.46. The summed E-state index contributed by atoms with van der Waals surface area (Å²) in [5.74, 6) is 0.709. The van der Waals surface area contributed by atoms with Crippen molar-refractivity contribution in [2.45, 2.75) is 52.5 Å². The lowest BCUT2D eigenvalue weighted by Crippen LogP contribution is -2.23. The number of hydrogen-bond donors (Lipinski definition) is 1. The molecule has 1 nitrogen and oxygen atoms in total. The molecule has 0 radical (unpaired) electrons. The van der Waals surface area contributed by atoms with Crippen LogP contribution < -0.4 is 5.32 Å². The summed E-state index contributed by atoms with van der Waals surface area (Å²) in [5, 5.41) is 3.46. The van der Waals surface area contributed by atoms with Gasteiger partial charge in [-0.05, 0) is 35.9 Å². The summed E-state index contributed by atoms with van der Waals surface area (Å²) in [6.45, 7) is 11.4. The van der Waals surface area contributed by atoms with Gasteiger partial charge in [-0.3, -0.25) is 0 Å². The van der Waals surface area contributed by atoms with Crippen molar-refractivity contribution in [3.05, 3.63) is 35.4 Å². The summed E-state index contributed by atoms with van der Waals surface area (Å²) in [5.41, 5.74) is 3.12. The molecule has 1 aromatic rings. The van der Waals surface area contributed by atoms with Crippen LogP contribution >= 0.6 is 0 Å². The topological polar surface area (TPSA) is 12.0 Å². The van der Waals surface area contributed by atoms with Crippen LogP contribution in [0, 0.1) is 5.92 Å². The molecule has 96 valence electrons. The number of benzene rings is 1. The number of nitrogens with one attached hydrogen (secondary N) is 1. The summed E-state index contributed by atoms with van der Waals surface area (Å²) in [6.07, 6.45) is 1.18. The van der Waals surface area contributed by atoms with E-state index < -0.39 is 0 Å². The zero-order chi connectivity index (χ0) is 13.1. The fraction of sp³-hybridized carbons (Fsp3) is 0.625. The van der Waals surface area contributed by atoms with Crippen molar-refractivity contribution >= 4 is 0 Å². The van der Waals surface area contributed by atoms with Gasteiger partial charge in [0.05, 0.1) is 0 Å². The fourth-order valence-corrected chi connectivity index (χ4v) is 2.36. The van der Waals surface area contributed by atoms with Crippen molar-refractivity contribution in [2.75, 3.05) is 7.05 Å². The molecule has 17 heavy (non-hydrogen) atoms. The molecule has 0 bridgehead atoms. The second-order valence-corrected chi connectivity index (χ2v) is 6.31. The Morgan fingerprint density at radius 1 is 1.12 bits per heavy atom. The van der Waals surface area contributed by atoms with E-state index in [2.05, 4.69) is 71.2 Å². The Kier molecular flexibility index (Phi) is 4.76. The molecule has 0 heterocycles. The molecule has 0 amide bonds. The van der Waals surface area contributed by atoms with Crippen LogP contribution in [0.3, 0.4) is 0 Å². The lowest BCUT2D eigenvalue weighted by atomic mass is 9.80. The molecule has 1 rings (SSSR count). The molecule has 1 heteroatoms. The minimum absolute atomic E-state index is 0.211. The second-order valence-electron chi connectivity index (χ2n) is 6.31. The highest BCUT2D eigenvalue weighted by molar-refractivity contribution is 5.35. The van der Waals surface area contributed by atoms with Gasteiger partial charge in [0, 0.05) is 6.04 Å². The van der Waals surface area contributed by atoms with Crippen LogP contribution in [0.15, 0.2) is 24.3 Å². The van der Waals surface area contributed by atoms with Gasteiger partial charge >= 0.3 is 0 Å². The van der Waals surface area contributed by atoms with Crippen LogP contribution in [0.25, 0.3) is 0 Å². The lowest BCUT2D eigenvalue weighted by molar-refractivity contribution is 0.446. The van der Waals surface area contributed by atoms with Gasteiger partial charge in [-0.2, -0.15) is 0 Å². The fourth-order valence-electron chi connectivity index (χ4n) is 2.36. The van der Waals surface area contributed by atoms with Crippen LogP contribution in [-0.2, 0) is 5.41 Å². The predicted molar refractivity (Wildman–Crippen MR) is 76.4 cm³/mol. The van der Waals surface area contributed by atoms with Gasteiger partial charge in [0.2, 0.25) is 0 Å². The van der Waals surface area contributed by atoms with Crippen LogP contribution in [0.5, 0.6) is 0 Å². The van der Waals surface area contributed by atoms with Gasteiger partial charge in [0.1, 0.15) is 0 Å². The average Bonchev–Trinajstić information content (AvgIpc) is 2.24. The molecule has 0 aliphatic carbocycles. The van der Waals surface area contributed by atoms with E-state index in [9.17, 15) is 0 Å². The third-order valence-electron chi connectivity index (χ3n) is 3.20. The summed E-state index contributed by atoms with van der Waals surface area (Å²) in [7, 11) is 2.06. The van der Waals surface area contributed by atoms with E-state index in [1.54, 1.807) is 0 Å². The first-order valence-corrected chi connectivity index (χ1v) is 6.63. The first-order chi connectivity index (χ1) is 7.86. The monoisotopic (exact) mass is 233 g/mol. The van der Waals surface area contributed by atoms with Crippen LogP contribution in [-0.4, -0.2) is 7.05 Å². The van der Waals surface area contributed by atoms with Crippen LogP contribution in [0.2, 0.25) is 0 Å². The first-order valence-electron chi connectivity index (χ1n) is 6.63. The normalized spacial score (nSPS) is 14.1. The molecule has 1 aromatic carbocycles. The number of hydrogen-bond acceptors (Lipinski definition) is 1. The lowest BCUT2D eigenvalue weighted by Gasteiger charge is -2.28. The predicted octanol–water partition coefficient (Wildman–Crippen LogP) is 4.29. The Hall–Kier alpha value is -0.820. The van der Waals surface area contributed by atoms with E-state index >= 15 is 0 Å². The molecule has 0 aromatic heterocycles. The van der Waals surface area contributed by atoms with Crippen molar-refractivity contribution in [3.8, 4) is 0 Å².